The highest BCUT2D eigenvalue weighted by Gasteiger charge is 2.35. The van der Waals surface area contributed by atoms with Crippen molar-refractivity contribution in [2.24, 2.45) is 17.1 Å². The van der Waals surface area contributed by atoms with E-state index in [0.29, 0.717) is 30.8 Å². The summed E-state index contributed by atoms with van der Waals surface area (Å²) in [4.78, 5) is 4.62. The Labute approximate surface area is 121 Å². The van der Waals surface area contributed by atoms with Gasteiger partial charge in [-0.15, -0.1) is 0 Å². The van der Waals surface area contributed by atoms with Crippen LogP contribution in [0.3, 0.4) is 0 Å². The maximum atomic E-state index is 5.83. The Morgan fingerprint density at radius 2 is 2.15 bits per heavy atom. The van der Waals surface area contributed by atoms with Crippen LogP contribution in [-0.2, 0) is 4.74 Å². The number of nitrogens with two attached hydrogens (primary N) is 1. The van der Waals surface area contributed by atoms with Gasteiger partial charge in [0.1, 0.15) is 6.10 Å². The summed E-state index contributed by atoms with van der Waals surface area (Å²) in [7, 11) is 0. The maximum Gasteiger partial charge on any atom is 0.230 e. The number of ether oxygens (including phenoxy) is 1. The molecule has 0 amide bonds. The van der Waals surface area contributed by atoms with E-state index in [1.807, 2.05) is 6.92 Å². The second kappa shape index (κ2) is 6.22. The second-order valence-electron chi connectivity index (χ2n) is 6.73. The van der Waals surface area contributed by atoms with E-state index in [1.165, 1.54) is 6.42 Å². The Morgan fingerprint density at radius 3 is 2.75 bits per heavy atom. The average molecular weight is 281 g/mol. The summed E-state index contributed by atoms with van der Waals surface area (Å²) < 4.78 is 11.3. The molecular weight excluding hydrogens is 254 g/mol. The van der Waals surface area contributed by atoms with E-state index >= 15 is 0 Å². The van der Waals surface area contributed by atoms with Crippen LogP contribution in [0.1, 0.15) is 70.7 Å². The molecular formula is C15H27N3O2. The summed E-state index contributed by atoms with van der Waals surface area (Å²) in [6, 6.07) is 0. The summed E-state index contributed by atoms with van der Waals surface area (Å²) in [5.74, 6) is 2.20. The first-order valence-electron chi connectivity index (χ1n) is 7.62. The number of aromatic nitrogens is 2. The number of nitrogens with zero attached hydrogens (tertiary/aromatic N) is 2. The molecule has 1 heterocycles. The van der Waals surface area contributed by atoms with Crippen LogP contribution in [0.2, 0.25) is 0 Å². The van der Waals surface area contributed by atoms with Crippen LogP contribution in [-0.4, -0.2) is 23.3 Å². The lowest BCUT2D eigenvalue weighted by Crippen LogP contribution is -2.23. The quantitative estimate of drug-likeness (QED) is 0.898. The van der Waals surface area contributed by atoms with Gasteiger partial charge in [-0.25, -0.2) is 0 Å². The van der Waals surface area contributed by atoms with Crippen LogP contribution in [0.4, 0.5) is 0 Å². The van der Waals surface area contributed by atoms with Crippen molar-refractivity contribution in [3.8, 4) is 0 Å². The van der Waals surface area contributed by atoms with Gasteiger partial charge >= 0.3 is 0 Å². The molecule has 0 saturated heterocycles. The third-order valence-electron chi connectivity index (χ3n) is 4.09. The summed E-state index contributed by atoms with van der Waals surface area (Å²) in [5.41, 5.74) is 5.78. The van der Waals surface area contributed by atoms with Gasteiger partial charge in [0.25, 0.3) is 0 Å². The van der Waals surface area contributed by atoms with Gasteiger partial charge in [-0.05, 0) is 37.6 Å². The van der Waals surface area contributed by atoms with Crippen molar-refractivity contribution in [2.75, 3.05) is 13.2 Å². The lowest BCUT2D eigenvalue weighted by Gasteiger charge is -2.27. The lowest BCUT2D eigenvalue weighted by atomic mass is 9.88. The minimum atomic E-state index is -0.136. The van der Waals surface area contributed by atoms with Gasteiger partial charge in [-0.3, -0.25) is 0 Å². The van der Waals surface area contributed by atoms with Crippen LogP contribution in [0, 0.1) is 11.3 Å². The normalized spacial score (nSPS) is 25.1. The first-order valence-corrected chi connectivity index (χ1v) is 7.62. The molecule has 0 aliphatic heterocycles. The van der Waals surface area contributed by atoms with E-state index in [2.05, 4.69) is 30.9 Å². The zero-order chi connectivity index (χ0) is 14.8. The number of hydrogen-bond donors (Lipinski definition) is 1. The van der Waals surface area contributed by atoms with E-state index in [9.17, 15) is 0 Å². The molecule has 1 aromatic heterocycles. The molecule has 5 heteroatoms. The van der Waals surface area contributed by atoms with Crippen molar-refractivity contribution in [1.82, 2.24) is 10.1 Å². The molecule has 3 atom stereocenters. The summed E-state index contributed by atoms with van der Waals surface area (Å²) in [6.07, 6.45) is 3.31. The van der Waals surface area contributed by atoms with Crippen LogP contribution >= 0.6 is 0 Å². The van der Waals surface area contributed by atoms with Gasteiger partial charge in [0.15, 0.2) is 0 Å². The first-order chi connectivity index (χ1) is 9.47. The minimum Gasteiger partial charge on any atom is -0.370 e. The molecule has 20 heavy (non-hydrogen) atoms. The van der Waals surface area contributed by atoms with Crippen LogP contribution in [0.25, 0.3) is 0 Å². The molecule has 0 aromatic carbocycles. The minimum absolute atomic E-state index is 0.0555. The van der Waals surface area contributed by atoms with E-state index in [-0.39, 0.29) is 11.5 Å². The molecule has 1 aliphatic rings. The molecule has 0 radical (unpaired) electrons. The third-order valence-corrected chi connectivity index (χ3v) is 4.09. The highest BCUT2D eigenvalue weighted by molar-refractivity contribution is 5.03. The van der Waals surface area contributed by atoms with Crippen molar-refractivity contribution in [3.63, 3.8) is 0 Å². The molecule has 2 N–H and O–H groups in total. The molecule has 114 valence electrons. The summed E-state index contributed by atoms with van der Waals surface area (Å²) in [6.45, 7) is 9.70. The fraction of sp³-hybridized carbons (Fsp3) is 0.867. The van der Waals surface area contributed by atoms with Gasteiger partial charge in [-0.2, -0.15) is 4.98 Å². The summed E-state index contributed by atoms with van der Waals surface area (Å²) in [5, 5.41) is 4.16. The van der Waals surface area contributed by atoms with Crippen molar-refractivity contribution in [3.05, 3.63) is 11.7 Å². The molecule has 1 saturated carbocycles. The number of rotatable bonds is 5. The highest BCUT2D eigenvalue weighted by Crippen LogP contribution is 2.40. The Bertz CT molecular complexity index is 425. The van der Waals surface area contributed by atoms with Crippen LogP contribution in [0.5, 0.6) is 0 Å². The van der Waals surface area contributed by atoms with Crippen LogP contribution in [0.15, 0.2) is 4.52 Å². The largest absolute Gasteiger partial charge is 0.370 e. The Kier molecular flexibility index (Phi) is 4.81. The van der Waals surface area contributed by atoms with Gasteiger partial charge in [0.05, 0.1) is 0 Å². The van der Waals surface area contributed by atoms with E-state index in [4.69, 9.17) is 15.0 Å². The maximum absolute atomic E-state index is 5.83. The van der Waals surface area contributed by atoms with Crippen molar-refractivity contribution in [2.45, 2.75) is 59.0 Å². The Balaban J connectivity index is 2.18. The number of hydrogen-bond acceptors (Lipinski definition) is 5. The predicted octanol–water partition coefficient (Wildman–Crippen LogP) is 3.04. The van der Waals surface area contributed by atoms with E-state index in [0.717, 1.165) is 18.7 Å². The zero-order valence-corrected chi connectivity index (χ0v) is 13.1. The van der Waals surface area contributed by atoms with Gasteiger partial charge in [-0.1, -0.05) is 32.3 Å². The smallest absolute Gasteiger partial charge is 0.230 e. The monoisotopic (exact) mass is 281 g/mol. The molecule has 0 spiro atoms. The summed E-state index contributed by atoms with van der Waals surface area (Å²) >= 11 is 0. The van der Waals surface area contributed by atoms with Crippen molar-refractivity contribution in [1.29, 1.82) is 0 Å². The highest BCUT2D eigenvalue weighted by atomic mass is 16.5. The van der Waals surface area contributed by atoms with Gasteiger partial charge in [0.2, 0.25) is 11.7 Å². The predicted molar refractivity (Wildman–Crippen MR) is 77.3 cm³/mol. The molecule has 1 aliphatic carbocycles. The molecule has 1 fully saturated rings. The fourth-order valence-corrected chi connectivity index (χ4v) is 3.03. The third kappa shape index (κ3) is 3.20. The SMILES string of the molecule is CCOC(c1noc(C2CCCC2CN)n1)C(C)(C)C. The zero-order valence-electron chi connectivity index (χ0n) is 13.1. The molecule has 3 unspecified atom stereocenters. The van der Waals surface area contributed by atoms with E-state index < -0.39 is 0 Å². The molecule has 5 nitrogen and oxygen atoms in total. The average Bonchev–Trinajstić information content (AvgIpc) is 3.02. The van der Waals surface area contributed by atoms with Crippen molar-refractivity contribution < 1.29 is 9.26 Å². The standard InChI is InChI=1S/C15H27N3O2/c1-5-19-12(15(2,3)4)13-17-14(20-18-13)11-8-6-7-10(11)9-16/h10-12H,5-9,16H2,1-4H3. The molecule has 2 rings (SSSR count). The van der Waals surface area contributed by atoms with Crippen LogP contribution < -0.4 is 5.73 Å². The fourth-order valence-electron chi connectivity index (χ4n) is 3.03. The van der Waals surface area contributed by atoms with Gasteiger partial charge < -0.3 is 15.0 Å². The Morgan fingerprint density at radius 1 is 1.40 bits per heavy atom. The second-order valence-corrected chi connectivity index (χ2v) is 6.73. The van der Waals surface area contributed by atoms with Gasteiger partial charge in [0, 0.05) is 12.5 Å². The first kappa shape index (κ1) is 15.4. The van der Waals surface area contributed by atoms with Crippen molar-refractivity contribution >= 4 is 0 Å². The van der Waals surface area contributed by atoms with E-state index in [1.54, 1.807) is 0 Å². The molecule has 1 aromatic rings. The topological polar surface area (TPSA) is 74.2 Å². The Hall–Kier alpha value is -0.940. The lowest BCUT2D eigenvalue weighted by molar-refractivity contribution is -0.0203. The molecule has 0 bridgehead atoms.